The third kappa shape index (κ3) is 3.10. The van der Waals surface area contributed by atoms with Crippen molar-refractivity contribution < 1.29 is 8.42 Å². The topological polar surface area (TPSA) is 72.2 Å². The van der Waals surface area contributed by atoms with E-state index in [-0.39, 0.29) is 17.0 Å². The zero-order chi connectivity index (χ0) is 13.2. The number of rotatable bonds is 3. The van der Waals surface area contributed by atoms with Crippen LogP contribution in [0.25, 0.3) is 0 Å². The lowest BCUT2D eigenvalue weighted by atomic mass is 10.2. The smallest absolute Gasteiger partial charge is 0.241 e. The molecule has 1 fully saturated rings. The molecule has 0 saturated heterocycles. The summed E-state index contributed by atoms with van der Waals surface area (Å²) in [5, 5.41) is 0. The summed E-state index contributed by atoms with van der Waals surface area (Å²) in [4.78, 5) is 0.249. The normalized spacial score (nSPS) is 16.8. The Morgan fingerprint density at radius 1 is 1.44 bits per heavy atom. The summed E-state index contributed by atoms with van der Waals surface area (Å²) in [5.74, 6) is 5.53. The minimum atomic E-state index is -3.45. The van der Waals surface area contributed by atoms with Crippen LogP contribution in [0, 0.1) is 11.8 Å². The molecule has 2 rings (SSSR count). The molecule has 1 aliphatic carbocycles. The fourth-order valence-electron chi connectivity index (χ4n) is 1.57. The van der Waals surface area contributed by atoms with E-state index in [1.807, 2.05) is 6.92 Å². The molecule has 0 amide bonds. The summed E-state index contributed by atoms with van der Waals surface area (Å²) in [7, 11) is -3.45. The van der Waals surface area contributed by atoms with E-state index in [0.29, 0.717) is 5.56 Å². The van der Waals surface area contributed by atoms with Crippen molar-refractivity contribution >= 4 is 10.0 Å². The van der Waals surface area contributed by atoms with Crippen LogP contribution in [0.5, 0.6) is 0 Å². The highest BCUT2D eigenvalue weighted by atomic mass is 32.2. The molecular formula is C13H16N2O2S. The third-order valence-corrected chi connectivity index (χ3v) is 4.50. The van der Waals surface area contributed by atoms with Crippen molar-refractivity contribution in [2.45, 2.75) is 30.2 Å². The Hall–Kier alpha value is -1.35. The van der Waals surface area contributed by atoms with E-state index in [4.69, 9.17) is 5.73 Å². The molecule has 0 unspecified atom stereocenters. The average Bonchev–Trinajstić information content (AvgIpc) is 3.03. The molecule has 1 aromatic rings. The highest BCUT2D eigenvalue weighted by molar-refractivity contribution is 7.89. The second-order valence-corrected chi connectivity index (χ2v) is 6.38. The number of nitrogens with one attached hydrogen (secondary N) is 1. The number of nitrogens with two attached hydrogens (primary N) is 1. The second kappa shape index (κ2) is 4.73. The van der Waals surface area contributed by atoms with Gasteiger partial charge < -0.3 is 5.73 Å². The summed E-state index contributed by atoms with van der Waals surface area (Å²) >= 11 is 0. The first-order valence-corrected chi connectivity index (χ1v) is 7.27. The quantitative estimate of drug-likeness (QED) is 0.794. The van der Waals surface area contributed by atoms with Gasteiger partial charge in [-0.1, -0.05) is 17.9 Å². The predicted molar refractivity (Wildman–Crippen MR) is 70.3 cm³/mol. The van der Waals surface area contributed by atoms with Gasteiger partial charge in [-0.25, -0.2) is 13.1 Å². The van der Waals surface area contributed by atoms with E-state index < -0.39 is 10.0 Å². The molecule has 0 radical (unpaired) electrons. The largest absolute Gasteiger partial charge is 0.320 e. The van der Waals surface area contributed by atoms with Gasteiger partial charge in [-0.15, -0.1) is 0 Å². The van der Waals surface area contributed by atoms with Crippen LogP contribution in [-0.2, 0) is 10.0 Å². The Morgan fingerprint density at radius 3 is 2.78 bits per heavy atom. The van der Waals surface area contributed by atoms with Gasteiger partial charge >= 0.3 is 0 Å². The minimum absolute atomic E-state index is 0.249. The second-order valence-electron chi connectivity index (χ2n) is 4.70. The Labute approximate surface area is 108 Å². The van der Waals surface area contributed by atoms with E-state index in [0.717, 1.165) is 12.8 Å². The van der Waals surface area contributed by atoms with Crippen LogP contribution in [0.1, 0.15) is 25.3 Å². The lowest BCUT2D eigenvalue weighted by Crippen LogP contribution is -2.34. The van der Waals surface area contributed by atoms with Crippen molar-refractivity contribution in [2.75, 3.05) is 6.54 Å². The zero-order valence-corrected chi connectivity index (χ0v) is 11.0. The summed E-state index contributed by atoms with van der Waals surface area (Å²) < 4.78 is 27.0. The zero-order valence-electron chi connectivity index (χ0n) is 10.2. The highest BCUT2D eigenvalue weighted by Gasteiger charge is 2.41. The average molecular weight is 264 g/mol. The lowest BCUT2D eigenvalue weighted by molar-refractivity contribution is 0.558. The maximum Gasteiger partial charge on any atom is 0.241 e. The van der Waals surface area contributed by atoms with Crippen LogP contribution < -0.4 is 10.5 Å². The van der Waals surface area contributed by atoms with Crippen molar-refractivity contribution in [3.63, 3.8) is 0 Å². The van der Waals surface area contributed by atoms with Gasteiger partial charge in [-0.2, -0.15) is 0 Å². The Bertz CT molecular complexity index is 607. The first-order chi connectivity index (χ1) is 8.45. The minimum Gasteiger partial charge on any atom is -0.320 e. The molecule has 4 nitrogen and oxygen atoms in total. The van der Waals surface area contributed by atoms with Gasteiger partial charge in [0.1, 0.15) is 0 Å². The highest BCUT2D eigenvalue weighted by Crippen LogP contribution is 2.35. The van der Waals surface area contributed by atoms with E-state index in [2.05, 4.69) is 16.6 Å². The number of hydrogen-bond acceptors (Lipinski definition) is 3. The van der Waals surface area contributed by atoms with Gasteiger partial charge in [-0.05, 0) is 38.0 Å². The lowest BCUT2D eigenvalue weighted by Gasteiger charge is -2.12. The van der Waals surface area contributed by atoms with Gasteiger partial charge in [-0.3, -0.25) is 0 Å². The molecule has 0 aliphatic heterocycles. The molecule has 18 heavy (non-hydrogen) atoms. The van der Waals surface area contributed by atoms with Crippen LogP contribution in [0.2, 0.25) is 0 Å². The molecule has 96 valence electrons. The van der Waals surface area contributed by atoms with Gasteiger partial charge in [0.2, 0.25) is 10.0 Å². The van der Waals surface area contributed by atoms with Crippen LogP contribution in [0.15, 0.2) is 29.2 Å². The molecule has 1 saturated carbocycles. The van der Waals surface area contributed by atoms with Crippen molar-refractivity contribution in [1.82, 2.24) is 4.72 Å². The van der Waals surface area contributed by atoms with E-state index in [1.165, 1.54) is 0 Å². The van der Waals surface area contributed by atoms with Crippen molar-refractivity contribution in [1.29, 1.82) is 0 Å². The fraction of sp³-hybridized carbons (Fsp3) is 0.385. The molecular weight excluding hydrogens is 248 g/mol. The summed E-state index contributed by atoms with van der Waals surface area (Å²) in [6.45, 7) is 2.16. The van der Waals surface area contributed by atoms with E-state index in [9.17, 15) is 8.42 Å². The van der Waals surface area contributed by atoms with Crippen LogP contribution in [-0.4, -0.2) is 20.5 Å². The summed E-state index contributed by atoms with van der Waals surface area (Å²) in [6.07, 6.45) is 1.78. The SMILES string of the molecule is CC1(NS(=O)(=O)c2cccc(C#CCN)c2)CC1. The molecule has 0 heterocycles. The third-order valence-electron chi connectivity index (χ3n) is 2.86. The van der Waals surface area contributed by atoms with Gasteiger partial charge in [0.25, 0.3) is 0 Å². The van der Waals surface area contributed by atoms with Crippen molar-refractivity contribution in [3.8, 4) is 11.8 Å². The van der Waals surface area contributed by atoms with Crippen LogP contribution >= 0.6 is 0 Å². The summed E-state index contributed by atoms with van der Waals surface area (Å²) in [5.41, 5.74) is 5.68. The Morgan fingerprint density at radius 2 is 2.17 bits per heavy atom. The first-order valence-electron chi connectivity index (χ1n) is 5.78. The molecule has 1 aromatic carbocycles. The summed E-state index contributed by atoms with van der Waals surface area (Å²) in [6, 6.07) is 6.59. The first kappa shape index (κ1) is 13.1. The van der Waals surface area contributed by atoms with E-state index in [1.54, 1.807) is 24.3 Å². The van der Waals surface area contributed by atoms with Gasteiger partial charge in [0, 0.05) is 11.1 Å². The molecule has 3 N–H and O–H groups in total. The molecule has 5 heteroatoms. The fourth-order valence-corrected chi connectivity index (χ4v) is 3.08. The molecule has 0 atom stereocenters. The number of sulfonamides is 1. The van der Waals surface area contributed by atoms with Crippen molar-refractivity contribution in [3.05, 3.63) is 29.8 Å². The maximum atomic E-state index is 12.1. The van der Waals surface area contributed by atoms with Crippen molar-refractivity contribution in [2.24, 2.45) is 5.73 Å². The molecule has 1 aliphatic rings. The maximum absolute atomic E-state index is 12.1. The number of benzene rings is 1. The van der Waals surface area contributed by atoms with Gasteiger partial charge in [0.15, 0.2) is 0 Å². The van der Waals surface area contributed by atoms with Crippen LogP contribution in [0.3, 0.4) is 0 Å². The number of hydrogen-bond donors (Lipinski definition) is 2. The van der Waals surface area contributed by atoms with Gasteiger partial charge in [0.05, 0.1) is 11.4 Å². The standard InChI is InChI=1S/C13H16N2O2S/c1-13(7-8-13)15-18(16,17)12-6-2-4-11(10-12)5-3-9-14/h2,4,6,10,15H,7-9,14H2,1H3. The molecule has 0 aromatic heterocycles. The Balaban J connectivity index is 2.27. The predicted octanol–water partition coefficient (Wildman–Crippen LogP) is 0.828. The Kier molecular flexibility index (Phi) is 3.44. The van der Waals surface area contributed by atoms with E-state index >= 15 is 0 Å². The molecule has 0 bridgehead atoms. The van der Waals surface area contributed by atoms with Crippen LogP contribution in [0.4, 0.5) is 0 Å². The molecule has 0 spiro atoms. The monoisotopic (exact) mass is 264 g/mol.